The molecule has 126 valence electrons. The molecule has 2 aromatic heterocycles. The number of hydrogen-bond acceptors (Lipinski definition) is 3. The van der Waals surface area contributed by atoms with Gasteiger partial charge in [-0.1, -0.05) is 18.2 Å². The summed E-state index contributed by atoms with van der Waals surface area (Å²) in [5.74, 6) is 0.159. The third-order valence-corrected chi connectivity index (χ3v) is 4.42. The third-order valence-electron chi connectivity index (χ3n) is 4.42. The fourth-order valence-electron chi connectivity index (χ4n) is 2.94. The lowest BCUT2D eigenvalue weighted by Gasteiger charge is -2.22. The normalized spacial score (nSPS) is 13.6. The summed E-state index contributed by atoms with van der Waals surface area (Å²) in [5.41, 5.74) is 3.06. The van der Waals surface area contributed by atoms with E-state index in [1.165, 1.54) is 0 Å². The van der Waals surface area contributed by atoms with Gasteiger partial charge in [0.05, 0.1) is 18.3 Å². The Kier molecular flexibility index (Phi) is 4.29. The Hall–Kier alpha value is -2.95. The minimum Gasteiger partial charge on any atom is -0.335 e. The van der Waals surface area contributed by atoms with Gasteiger partial charge < -0.3 is 4.90 Å². The van der Waals surface area contributed by atoms with E-state index in [-0.39, 0.29) is 5.91 Å². The van der Waals surface area contributed by atoms with Crippen molar-refractivity contribution in [3.8, 4) is 5.69 Å². The molecular formula is C20H20N4O. The van der Waals surface area contributed by atoms with E-state index in [1.807, 2.05) is 58.2 Å². The van der Waals surface area contributed by atoms with E-state index in [0.717, 1.165) is 29.7 Å². The van der Waals surface area contributed by atoms with Crippen LogP contribution in [0.3, 0.4) is 0 Å². The van der Waals surface area contributed by atoms with Gasteiger partial charge >= 0.3 is 0 Å². The largest absolute Gasteiger partial charge is 0.335 e. The molecule has 0 bridgehead atoms. The summed E-state index contributed by atoms with van der Waals surface area (Å²) in [7, 11) is 0. The lowest BCUT2D eigenvalue weighted by molar-refractivity contribution is -0.131. The molecule has 1 amide bonds. The summed E-state index contributed by atoms with van der Waals surface area (Å²) in [6, 6.07) is 14.2. The van der Waals surface area contributed by atoms with Crippen molar-refractivity contribution in [3.05, 3.63) is 78.4 Å². The number of pyridine rings is 1. The molecule has 0 aliphatic heterocycles. The van der Waals surface area contributed by atoms with Crippen LogP contribution in [0.15, 0.2) is 67.3 Å². The summed E-state index contributed by atoms with van der Waals surface area (Å²) in [4.78, 5) is 18.9. The molecule has 2 heterocycles. The van der Waals surface area contributed by atoms with Gasteiger partial charge in [0.1, 0.15) is 0 Å². The number of amides is 1. The average molecular weight is 332 g/mol. The van der Waals surface area contributed by atoms with E-state index in [2.05, 4.69) is 10.1 Å². The first-order valence-electron chi connectivity index (χ1n) is 8.57. The van der Waals surface area contributed by atoms with Gasteiger partial charge in [-0.05, 0) is 48.2 Å². The van der Waals surface area contributed by atoms with Crippen LogP contribution in [-0.2, 0) is 17.8 Å². The molecule has 5 nitrogen and oxygen atoms in total. The summed E-state index contributed by atoms with van der Waals surface area (Å²) in [5, 5.41) is 4.38. The lowest BCUT2D eigenvalue weighted by Crippen LogP contribution is -2.33. The number of carbonyl (C=O) groups is 1. The number of nitrogens with zero attached hydrogens (tertiary/aromatic N) is 4. The van der Waals surface area contributed by atoms with E-state index < -0.39 is 0 Å². The zero-order chi connectivity index (χ0) is 17.1. The van der Waals surface area contributed by atoms with E-state index in [0.29, 0.717) is 19.0 Å². The minimum absolute atomic E-state index is 0.159. The first-order valence-corrected chi connectivity index (χ1v) is 8.57. The highest BCUT2D eigenvalue weighted by Gasteiger charge is 2.32. The topological polar surface area (TPSA) is 51.0 Å². The van der Waals surface area contributed by atoms with Crippen LogP contribution < -0.4 is 0 Å². The van der Waals surface area contributed by atoms with Gasteiger partial charge in [-0.25, -0.2) is 4.68 Å². The molecule has 4 rings (SSSR count). The molecule has 0 unspecified atom stereocenters. The van der Waals surface area contributed by atoms with Gasteiger partial charge in [0.25, 0.3) is 0 Å². The number of para-hydroxylation sites is 1. The second-order valence-corrected chi connectivity index (χ2v) is 6.41. The van der Waals surface area contributed by atoms with Crippen molar-refractivity contribution in [1.29, 1.82) is 0 Å². The zero-order valence-corrected chi connectivity index (χ0v) is 14.0. The molecule has 1 aliphatic rings. The first-order chi connectivity index (χ1) is 12.3. The molecule has 0 radical (unpaired) electrons. The van der Waals surface area contributed by atoms with Crippen LogP contribution >= 0.6 is 0 Å². The molecule has 0 saturated heterocycles. The standard InChI is InChI=1S/C20H20N4O/c25-20(23(18-6-7-18)14-16-8-10-21-11-9-16)12-17-13-22-24(15-17)19-4-2-1-3-5-19/h1-5,8-11,13,15,18H,6-7,12,14H2. The molecule has 1 aliphatic carbocycles. The van der Waals surface area contributed by atoms with Crippen molar-refractivity contribution in [2.24, 2.45) is 0 Å². The predicted molar refractivity (Wildman–Crippen MR) is 95.1 cm³/mol. The minimum atomic E-state index is 0.159. The van der Waals surface area contributed by atoms with Crippen LogP contribution in [0.25, 0.3) is 5.69 Å². The molecule has 0 spiro atoms. The Morgan fingerprint density at radius 2 is 1.84 bits per heavy atom. The maximum atomic E-state index is 12.8. The Morgan fingerprint density at radius 3 is 2.56 bits per heavy atom. The fourth-order valence-corrected chi connectivity index (χ4v) is 2.94. The summed E-state index contributed by atoms with van der Waals surface area (Å²) >= 11 is 0. The zero-order valence-electron chi connectivity index (χ0n) is 14.0. The third kappa shape index (κ3) is 3.76. The number of hydrogen-bond donors (Lipinski definition) is 0. The Morgan fingerprint density at radius 1 is 1.08 bits per heavy atom. The number of benzene rings is 1. The van der Waals surface area contributed by atoms with Crippen molar-refractivity contribution in [1.82, 2.24) is 19.7 Å². The lowest BCUT2D eigenvalue weighted by atomic mass is 10.2. The molecule has 0 atom stereocenters. The van der Waals surface area contributed by atoms with Crippen LogP contribution in [-0.4, -0.2) is 31.6 Å². The van der Waals surface area contributed by atoms with E-state index in [9.17, 15) is 4.79 Å². The van der Waals surface area contributed by atoms with E-state index in [1.54, 1.807) is 18.6 Å². The molecular weight excluding hydrogens is 312 g/mol. The fraction of sp³-hybridized carbons (Fsp3) is 0.250. The molecule has 25 heavy (non-hydrogen) atoms. The van der Waals surface area contributed by atoms with Crippen LogP contribution in [0.4, 0.5) is 0 Å². The van der Waals surface area contributed by atoms with Gasteiger partial charge in [-0.15, -0.1) is 0 Å². The smallest absolute Gasteiger partial charge is 0.227 e. The molecule has 3 aromatic rings. The maximum Gasteiger partial charge on any atom is 0.227 e. The van der Waals surface area contributed by atoms with Crippen LogP contribution in [0, 0.1) is 0 Å². The van der Waals surface area contributed by atoms with Crippen LogP contribution in [0.2, 0.25) is 0 Å². The van der Waals surface area contributed by atoms with Crippen molar-refractivity contribution in [2.45, 2.75) is 31.8 Å². The van der Waals surface area contributed by atoms with Crippen molar-refractivity contribution in [3.63, 3.8) is 0 Å². The summed E-state index contributed by atoms with van der Waals surface area (Å²) in [6.07, 6.45) is 9.84. The Labute approximate surface area is 146 Å². The highest BCUT2D eigenvalue weighted by atomic mass is 16.2. The monoisotopic (exact) mass is 332 g/mol. The van der Waals surface area contributed by atoms with E-state index in [4.69, 9.17) is 0 Å². The highest BCUT2D eigenvalue weighted by molar-refractivity contribution is 5.79. The maximum absolute atomic E-state index is 12.8. The molecule has 0 N–H and O–H groups in total. The van der Waals surface area contributed by atoms with Gasteiger partial charge in [-0.3, -0.25) is 9.78 Å². The summed E-state index contributed by atoms with van der Waals surface area (Å²) < 4.78 is 1.81. The molecule has 5 heteroatoms. The first kappa shape index (κ1) is 15.6. The highest BCUT2D eigenvalue weighted by Crippen LogP contribution is 2.29. The van der Waals surface area contributed by atoms with Gasteiger partial charge in [-0.2, -0.15) is 5.10 Å². The van der Waals surface area contributed by atoms with Crippen LogP contribution in [0.5, 0.6) is 0 Å². The van der Waals surface area contributed by atoms with Gasteiger partial charge in [0, 0.05) is 31.2 Å². The Bertz CT molecular complexity index is 840. The van der Waals surface area contributed by atoms with Crippen molar-refractivity contribution >= 4 is 5.91 Å². The second-order valence-electron chi connectivity index (χ2n) is 6.41. The van der Waals surface area contributed by atoms with Crippen LogP contribution in [0.1, 0.15) is 24.0 Å². The predicted octanol–water partition coefficient (Wildman–Crippen LogP) is 3.00. The van der Waals surface area contributed by atoms with Gasteiger partial charge in [0.15, 0.2) is 0 Å². The Balaban J connectivity index is 1.46. The van der Waals surface area contributed by atoms with Gasteiger partial charge in [0.2, 0.25) is 5.91 Å². The second kappa shape index (κ2) is 6.89. The average Bonchev–Trinajstić information content (AvgIpc) is 3.39. The quantitative estimate of drug-likeness (QED) is 0.697. The number of carbonyl (C=O) groups excluding carboxylic acids is 1. The molecule has 1 aromatic carbocycles. The molecule has 1 saturated carbocycles. The SMILES string of the molecule is O=C(Cc1cnn(-c2ccccc2)c1)N(Cc1ccncc1)C1CC1. The number of rotatable bonds is 6. The summed E-state index contributed by atoms with van der Waals surface area (Å²) in [6.45, 7) is 0.652. The van der Waals surface area contributed by atoms with E-state index >= 15 is 0 Å². The van der Waals surface area contributed by atoms with Crippen molar-refractivity contribution < 1.29 is 4.79 Å². The number of aromatic nitrogens is 3. The van der Waals surface area contributed by atoms with Crippen molar-refractivity contribution in [2.75, 3.05) is 0 Å². The molecule has 1 fully saturated rings.